The number of rotatable bonds is 2. The Morgan fingerprint density at radius 3 is 3.00 bits per heavy atom. The van der Waals surface area contributed by atoms with Crippen LogP contribution in [0.1, 0.15) is 11.3 Å². The minimum absolute atomic E-state index is 0.0229. The number of carbonyl (C=O) groups is 1. The van der Waals surface area contributed by atoms with Gasteiger partial charge in [0.05, 0.1) is 6.42 Å². The third kappa shape index (κ3) is 2.13. The third-order valence-electron chi connectivity index (χ3n) is 1.46. The molecule has 5 heteroatoms. The molecule has 0 amide bonds. The molecule has 2 N–H and O–H groups in total. The molecule has 1 heterocycles. The predicted octanol–water partition coefficient (Wildman–Crippen LogP) is 1.07. The average molecular weight is 184 g/mol. The van der Waals surface area contributed by atoms with Crippen molar-refractivity contribution < 1.29 is 9.90 Å². The summed E-state index contributed by atoms with van der Waals surface area (Å²) in [6, 6.07) is 0. The van der Waals surface area contributed by atoms with E-state index in [0.29, 0.717) is 10.3 Å². The molecule has 0 saturated heterocycles. The summed E-state index contributed by atoms with van der Waals surface area (Å²) < 4.78 is 0.377. The minimum Gasteiger partial charge on any atom is -0.481 e. The van der Waals surface area contributed by atoms with E-state index in [0.717, 1.165) is 5.69 Å². The summed E-state index contributed by atoms with van der Waals surface area (Å²) in [5.41, 5.74) is 1.42. The topological polar surface area (TPSA) is 66.0 Å². The van der Waals surface area contributed by atoms with Crippen LogP contribution in [0.4, 0.5) is 0 Å². The zero-order valence-electron chi connectivity index (χ0n) is 6.50. The Morgan fingerprint density at radius 1 is 1.83 bits per heavy atom. The van der Waals surface area contributed by atoms with Crippen LogP contribution in [-0.4, -0.2) is 21.0 Å². The summed E-state index contributed by atoms with van der Waals surface area (Å²) in [7, 11) is 0. The van der Waals surface area contributed by atoms with E-state index >= 15 is 0 Å². The molecule has 0 aliphatic carbocycles. The van der Waals surface area contributed by atoms with Gasteiger partial charge in [0.15, 0.2) is 4.77 Å². The summed E-state index contributed by atoms with van der Waals surface area (Å²) in [6.45, 7) is 1.77. The highest BCUT2D eigenvalue weighted by Gasteiger charge is 2.03. The summed E-state index contributed by atoms with van der Waals surface area (Å²) >= 11 is 4.76. The molecule has 0 fully saturated rings. The van der Waals surface area contributed by atoms with Gasteiger partial charge in [-0.1, -0.05) is 0 Å². The Balaban J connectivity index is 3.01. The van der Waals surface area contributed by atoms with Crippen LogP contribution in [0, 0.1) is 11.7 Å². The number of aryl methyl sites for hydroxylation is 1. The van der Waals surface area contributed by atoms with E-state index in [1.807, 2.05) is 0 Å². The smallest absolute Gasteiger partial charge is 0.307 e. The predicted molar refractivity (Wildman–Crippen MR) is 45.5 cm³/mol. The van der Waals surface area contributed by atoms with Crippen LogP contribution >= 0.6 is 12.2 Å². The molecule has 0 atom stereocenters. The molecule has 0 bridgehead atoms. The standard InChI is InChI=1S/C7H8N2O2S/c1-4-5(2-6(10)11)3-8-7(12)9-4/h3H,2H2,1H3,(H,10,11)(H,8,9,12). The van der Waals surface area contributed by atoms with Crippen LogP contribution in [0.25, 0.3) is 0 Å². The van der Waals surface area contributed by atoms with Gasteiger partial charge < -0.3 is 10.1 Å². The van der Waals surface area contributed by atoms with E-state index in [1.54, 1.807) is 6.92 Å². The number of nitrogens with zero attached hydrogens (tertiary/aromatic N) is 1. The average Bonchev–Trinajstić information content (AvgIpc) is 1.94. The molecule has 0 aliphatic heterocycles. The van der Waals surface area contributed by atoms with Crippen molar-refractivity contribution in [3.8, 4) is 0 Å². The van der Waals surface area contributed by atoms with E-state index in [-0.39, 0.29) is 6.42 Å². The maximum Gasteiger partial charge on any atom is 0.307 e. The van der Waals surface area contributed by atoms with Crippen molar-refractivity contribution in [2.45, 2.75) is 13.3 Å². The fourth-order valence-electron chi connectivity index (χ4n) is 0.847. The quantitative estimate of drug-likeness (QED) is 0.675. The molecule has 0 saturated carbocycles. The first kappa shape index (κ1) is 8.86. The van der Waals surface area contributed by atoms with Crippen molar-refractivity contribution in [1.82, 2.24) is 9.97 Å². The van der Waals surface area contributed by atoms with Crippen molar-refractivity contribution in [3.05, 3.63) is 22.2 Å². The van der Waals surface area contributed by atoms with Crippen LogP contribution in [0.15, 0.2) is 6.20 Å². The van der Waals surface area contributed by atoms with E-state index in [9.17, 15) is 4.79 Å². The van der Waals surface area contributed by atoms with Gasteiger partial charge in [-0.3, -0.25) is 4.79 Å². The molecular weight excluding hydrogens is 176 g/mol. The lowest BCUT2D eigenvalue weighted by atomic mass is 10.2. The van der Waals surface area contributed by atoms with Crippen LogP contribution in [0.2, 0.25) is 0 Å². The Morgan fingerprint density at radius 2 is 2.50 bits per heavy atom. The molecular formula is C7H8N2O2S. The Hall–Kier alpha value is -1.23. The summed E-state index contributed by atoms with van der Waals surface area (Å²) in [5.74, 6) is -0.870. The number of hydrogen-bond acceptors (Lipinski definition) is 3. The second kappa shape index (κ2) is 3.44. The summed E-state index contributed by atoms with van der Waals surface area (Å²) in [6.07, 6.45) is 1.47. The van der Waals surface area contributed by atoms with Gasteiger partial charge in [-0.25, -0.2) is 4.98 Å². The number of aromatic amines is 1. The van der Waals surface area contributed by atoms with Crippen LogP contribution in [0.3, 0.4) is 0 Å². The molecule has 64 valence electrons. The van der Waals surface area contributed by atoms with Gasteiger partial charge in [0.2, 0.25) is 0 Å². The zero-order valence-corrected chi connectivity index (χ0v) is 7.31. The van der Waals surface area contributed by atoms with E-state index < -0.39 is 5.97 Å². The van der Waals surface area contributed by atoms with E-state index in [1.165, 1.54) is 6.20 Å². The van der Waals surface area contributed by atoms with Crippen molar-refractivity contribution in [1.29, 1.82) is 0 Å². The van der Waals surface area contributed by atoms with Crippen molar-refractivity contribution in [2.24, 2.45) is 0 Å². The SMILES string of the molecule is Cc1[nH]c(=S)ncc1CC(=O)O. The van der Waals surface area contributed by atoms with Gasteiger partial charge in [0.1, 0.15) is 0 Å². The Bertz CT molecular complexity index is 359. The van der Waals surface area contributed by atoms with Crippen molar-refractivity contribution in [3.63, 3.8) is 0 Å². The molecule has 0 unspecified atom stereocenters. The largest absolute Gasteiger partial charge is 0.481 e. The molecule has 1 rings (SSSR count). The lowest BCUT2D eigenvalue weighted by molar-refractivity contribution is -0.136. The summed E-state index contributed by atoms with van der Waals surface area (Å²) in [5, 5.41) is 8.49. The summed E-state index contributed by atoms with van der Waals surface area (Å²) in [4.78, 5) is 16.9. The van der Waals surface area contributed by atoms with Crippen LogP contribution in [-0.2, 0) is 11.2 Å². The fourth-order valence-corrected chi connectivity index (χ4v) is 1.05. The molecule has 0 aliphatic rings. The molecule has 0 aromatic carbocycles. The number of carboxylic acids is 1. The number of aliphatic carboxylic acids is 1. The molecule has 1 aromatic rings. The monoisotopic (exact) mass is 184 g/mol. The second-order valence-electron chi connectivity index (χ2n) is 2.41. The van der Waals surface area contributed by atoms with Crippen molar-refractivity contribution in [2.75, 3.05) is 0 Å². The Labute approximate surface area is 74.3 Å². The number of nitrogens with one attached hydrogen (secondary N) is 1. The molecule has 12 heavy (non-hydrogen) atoms. The zero-order chi connectivity index (χ0) is 9.14. The first-order chi connectivity index (χ1) is 5.59. The molecule has 1 aromatic heterocycles. The van der Waals surface area contributed by atoms with E-state index in [2.05, 4.69) is 9.97 Å². The van der Waals surface area contributed by atoms with E-state index in [4.69, 9.17) is 17.3 Å². The highest BCUT2D eigenvalue weighted by atomic mass is 32.1. The van der Waals surface area contributed by atoms with Gasteiger partial charge in [0.25, 0.3) is 0 Å². The van der Waals surface area contributed by atoms with Crippen molar-refractivity contribution >= 4 is 18.2 Å². The van der Waals surface area contributed by atoms with Gasteiger partial charge in [-0.05, 0) is 19.1 Å². The lowest BCUT2D eigenvalue weighted by Crippen LogP contribution is -2.04. The van der Waals surface area contributed by atoms with Gasteiger partial charge >= 0.3 is 5.97 Å². The molecule has 0 radical (unpaired) electrons. The number of carboxylic acid groups (broad SMARTS) is 1. The van der Waals surface area contributed by atoms with Crippen LogP contribution in [0.5, 0.6) is 0 Å². The van der Waals surface area contributed by atoms with Gasteiger partial charge in [-0.2, -0.15) is 0 Å². The fraction of sp³-hybridized carbons (Fsp3) is 0.286. The second-order valence-corrected chi connectivity index (χ2v) is 2.80. The van der Waals surface area contributed by atoms with Gasteiger partial charge in [0, 0.05) is 17.5 Å². The number of hydrogen-bond donors (Lipinski definition) is 2. The highest BCUT2D eigenvalue weighted by molar-refractivity contribution is 7.71. The maximum absolute atomic E-state index is 10.3. The first-order valence-electron chi connectivity index (χ1n) is 3.36. The highest BCUT2D eigenvalue weighted by Crippen LogP contribution is 2.02. The lowest BCUT2D eigenvalue weighted by Gasteiger charge is -2.00. The normalized spacial score (nSPS) is 9.75. The van der Waals surface area contributed by atoms with Crippen LogP contribution < -0.4 is 0 Å². The minimum atomic E-state index is -0.870. The molecule has 4 nitrogen and oxygen atoms in total. The number of H-pyrrole nitrogens is 1. The first-order valence-corrected chi connectivity index (χ1v) is 3.77. The number of aromatic nitrogens is 2. The third-order valence-corrected chi connectivity index (χ3v) is 1.66. The molecule has 0 spiro atoms. The maximum atomic E-state index is 10.3. The van der Waals surface area contributed by atoms with Gasteiger partial charge in [-0.15, -0.1) is 0 Å². The Kier molecular flexibility index (Phi) is 2.54.